The monoisotopic (exact) mass is 878 g/mol. The molecule has 1 spiro atoms. The number of benzene rings is 8. The molecule has 1 aliphatic heterocycles. The summed E-state index contributed by atoms with van der Waals surface area (Å²) in [6.45, 7) is 0. The van der Waals surface area contributed by atoms with E-state index in [9.17, 15) is 13.2 Å². The average Bonchev–Trinajstić information content (AvgIpc) is 3.66. The predicted octanol–water partition coefficient (Wildman–Crippen LogP) is 13.9. The zero-order valence-corrected chi connectivity index (χ0v) is 35.6. The Morgan fingerprint density at radius 1 is 0.333 bits per heavy atom. The van der Waals surface area contributed by atoms with Gasteiger partial charge < -0.3 is 0 Å². The minimum absolute atomic E-state index is 0.139. The van der Waals surface area contributed by atoms with Crippen LogP contribution < -0.4 is 0 Å². The molecule has 314 valence electrons. The van der Waals surface area contributed by atoms with Crippen LogP contribution in [0.15, 0.2) is 210 Å². The molecular formula is C56H33F3N6S. The van der Waals surface area contributed by atoms with Crippen LogP contribution in [0.25, 0.3) is 79.5 Å². The van der Waals surface area contributed by atoms with Gasteiger partial charge in [0.05, 0.1) is 11.0 Å². The van der Waals surface area contributed by atoms with Gasteiger partial charge in [0.15, 0.2) is 34.9 Å². The van der Waals surface area contributed by atoms with Crippen LogP contribution in [0.5, 0.6) is 0 Å². The second kappa shape index (κ2) is 15.6. The molecular weight excluding hydrogens is 846 g/mol. The first kappa shape index (κ1) is 39.5. The van der Waals surface area contributed by atoms with Crippen LogP contribution in [0.1, 0.15) is 27.8 Å². The van der Waals surface area contributed by atoms with E-state index in [1.165, 1.54) is 6.07 Å². The summed E-state index contributed by atoms with van der Waals surface area (Å²) in [6.07, 6.45) is -4.54. The Labute approximate surface area is 382 Å². The molecule has 0 fully saturated rings. The Morgan fingerprint density at radius 3 is 1.38 bits per heavy atom. The zero-order chi connectivity index (χ0) is 44.4. The standard InChI is InChI=1S/C56H33F3N6S/c57-56(58,59)39-23-14-22-37(32-39)52-61-49(34-16-4-1-5-17-34)62-53(63-52)38-30-31-41-40-24-10-11-26-43(40)55(46(41)33-38)44-27-12-13-29-47(44)66-48-42(25-15-28-45(48)55)54-64-50(35-18-6-2-7-19-35)60-51(65-54)36-20-8-3-9-21-36/h1-33H. The largest absolute Gasteiger partial charge is 0.416 e. The summed E-state index contributed by atoms with van der Waals surface area (Å²) in [6, 6.07) is 64.2. The highest BCUT2D eigenvalue weighted by molar-refractivity contribution is 7.99. The molecule has 1 atom stereocenters. The minimum atomic E-state index is -4.54. The summed E-state index contributed by atoms with van der Waals surface area (Å²) >= 11 is 1.71. The maximum absolute atomic E-state index is 14.0. The Balaban J connectivity index is 1.10. The number of hydrogen-bond acceptors (Lipinski definition) is 7. The van der Waals surface area contributed by atoms with Crippen LogP contribution in [0.3, 0.4) is 0 Å². The van der Waals surface area contributed by atoms with Crippen molar-refractivity contribution >= 4 is 11.8 Å². The lowest BCUT2D eigenvalue weighted by molar-refractivity contribution is -0.137. The molecule has 0 radical (unpaired) electrons. The van der Waals surface area contributed by atoms with Crippen molar-refractivity contribution in [1.29, 1.82) is 0 Å². The SMILES string of the molecule is FC(F)(F)c1cccc(-c2nc(-c3ccccc3)nc(-c3ccc4c(c3)C3(c5ccccc5Sc5c(-c6nc(-c7ccccc7)nc(-c7ccccc7)n6)cccc53)c3ccccc3-4)n2)c1. The van der Waals surface area contributed by atoms with Crippen LogP contribution in [0.2, 0.25) is 0 Å². The number of nitrogens with zero attached hydrogens (tertiary/aromatic N) is 6. The quantitative estimate of drug-likeness (QED) is 0.165. The molecule has 2 aliphatic rings. The van der Waals surface area contributed by atoms with Crippen LogP contribution >= 0.6 is 11.8 Å². The van der Waals surface area contributed by atoms with Gasteiger partial charge in [-0.1, -0.05) is 188 Å². The van der Waals surface area contributed by atoms with E-state index < -0.39 is 17.2 Å². The summed E-state index contributed by atoms with van der Waals surface area (Å²) < 4.78 is 42.1. The van der Waals surface area contributed by atoms with Gasteiger partial charge in [0.1, 0.15) is 0 Å². The van der Waals surface area contributed by atoms with Crippen LogP contribution in [-0.4, -0.2) is 29.9 Å². The molecule has 10 aromatic rings. The molecule has 10 heteroatoms. The molecule has 0 saturated carbocycles. The molecule has 12 rings (SSSR count). The van der Waals surface area contributed by atoms with E-state index in [0.29, 0.717) is 40.2 Å². The van der Waals surface area contributed by atoms with E-state index in [1.807, 2.05) is 97.1 Å². The first-order chi connectivity index (χ1) is 32.3. The van der Waals surface area contributed by atoms with Crippen molar-refractivity contribution in [3.8, 4) is 79.5 Å². The highest BCUT2D eigenvalue weighted by Gasteiger charge is 2.51. The molecule has 0 amide bonds. The Hall–Kier alpha value is -8.08. The molecule has 6 nitrogen and oxygen atoms in total. The lowest BCUT2D eigenvalue weighted by Crippen LogP contribution is -2.32. The van der Waals surface area contributed by atoms with Gasteiger partial charge in [-0.05, 0) is 57.6 Å². The van der Waals surface area contributed by atoms with Crippen LogP contribution in [0, 0.1) is 0 Å². The summed E-state index contributed by atoms with van der Waals surface area (Å²) in [5.74, 6) is 2.53. The smallest absolute Gasteiger partial charge is 0.208 e. The van der Waals surface area contributed by atoms with E-state index >= 15 is 0 Å². The third kappa shape index (κ3) is 6.51. The number of alkyl halides is 3. The minimum Gasteiger partial charge on any atom is -0.208 e. The lowest BCUT2D eigenvalue weighted by Gasteiger charge is -2.40. The third-order valence-corrected chi connectivity index (χ3v) is 13.5. The van der Waals surface area contributed by atoms with Gasteiger partial charge in [-0.15, -0.1) is 0 Å². The number of halogens is 3. The molecule has 3 heterocycles. The van der Waals surface area contributed by atoms with Crippen LogP contribution in [-0.2, 0) is 11.6 Å². The van der Waals surface area contributed by atoms with Gasteiger partial charge in [-0.3, -0.25) is 0 Å². The van der Waals surface area contributed by atoms with Gasteiger partial charge in [-0.25, -0.2) is 29.9 Å². The normalized spacial score (nSPS) is 14.6. The Bertz CT molecular complexity index is 3450. The zero-order valence-electron chi connectivity index (χ0n) is 34.8. The van der Waals surface area contributed by atoms with Gasteiger partial charge in [0, 0.05) is 43.2 Å². The van der Waals surface area contributed by atoms with Crippen molar-refractivity contribution in [3.05, 3.63) is 228 Å². The fourth-order valence-electron chi connectivity index (χ4n) is 9.35. The number of hydrogen-bond donors (Lipinski definition) is 0. The van der Waals surface area contributed by atoms with E-state index in [4.69, 9.17) is 29.9 Å². The number of aromatic nitrogens is 6. The van der Waals surface area contributed by atoms with Gasteiger partial charge in [0.2, 0.25) is 0 Å². The topological polar surface area (TPSA) is 77.3 Å². The maximum atomic E-state index is 14.0. The van der Waals surface area contributed by atoms with Gasteiger partial charge in [-0.2, -0.15) is 13.2 Å². The van der Waals surface area contributed by atoms with Crippen molar-refractivity contribution < 1.29 is 13.2 Å². The number of rotatable bonds is 6. The lowest BCUT2D eigenvalue weighted by atomic mass is 9.67. The molecule has 2 aromatic heterocycles. The van der Waals surface area contributed by atoms with Gasteiger partial charge in [0.25, 0.3) is 0 Å². The second-order valence-corrected chi connectivity index (χ2v) is 17.2. The van der Waals surface area contributed by atoms with Crippen molar-refractivity contribution in [2.75, 3.05) is 0 Å². The summed E-state index contributed by atoms with van der Waals surface area (Å²) in [5, 5.41) is 0. The van der Waals surface area contributed by atoms with Crippen molar-refractivity contribution in [2.24, 2.45) is 0 Å². The first-order valence-corrected chi connectivity index (χ1v) is 22.2. The van der Waals surface area contributed by atoms with E-state index in [2.05, 4.69) is 78.9 Å². The molecule has 0 bridgehead atoms. The fourth-order valence-corrected chi connectivity index (χ4v) is 10.6. The predicted molar refractivity (Wildman–Crippen MR) is 252 cm³/mol. The molecule has 0 N–H and O–H groups in total. The van der Waals surface area contributed by atoms with Crippen molar-refractivity contribution in [3.63, 3.8) is 0 Å². The van der Waals surface area contributed by atoms with E-state index in [0.717, 1.165) is 72.0 Å². The maximum Gasteiger partial charge on any atom is 0.416 e. The molecule has 0 saturated heterocycles. The van der Waals surface area contributed by atoms with Crippen LogP contribution in [0.4, 0.5) is 13.2 Å². The second-order valence-electron chi connectivity index (χ2n) is 16.1. The first-order valence-electron chi connectivity index (χ1n) is 21.3. The molecule has 1 unspecified atom stereocenters. The average molecular weight is 879 g/mol. The summed E-state index contributed by atoms with van der Waals surface area (Å²) in [4.78, 5) is 32.2. The van der Waals surface area contributed by atoms with E-state index in [-0.39, 0.29) is 11.4 Å². The molecule has 1 aliphatic carbocycles. The Morgan fingerprint density at radius 2 is 0.773 bits per heavy atom. The molecule has 66 heavy (non-hydrogen) atoms. The highest BCUT2D eigenvalue weighted by atomic mass is 32.2. The third-order valence-electron chi connectivity index (χ3n) is 12.3. The summed E-state index contributed by atoms with van der Waals surface area (Å²) in [5.41, 5.74) is 9.19. The number of fused-ring (bicyclic) bond motifs is 9. The fraction of sp³-hybridized carbons (Fsp3) is 0.0357. The van der Waals surface area contributed by atoms with Crippen molar-refractivity contribution in [2.45, 2.75) is 21.4 Å². The highest BCUT2D eigenvalue weighted by Crippen LogP contribution is 2.63. The van der Waals surface area contributed by atoms with Gasteiger partial charge >= 0.3 is 6.18 Å². The van der Waals surface area contributed by atoms with E-state index in [1.54, 1.807) is 17.8 Å². The Kier molecular flexibility index (Phi) is 9.32. The molecule has 8 aromatic carbocycles. The summed E-state index contributed by atoms with van der Waals surface area (Å²) in [7, 11) is 0. The van der Waals surface area contributed by atoms with Crippen molar-refractivity contribution in [1.82, 2.24) is 29.9 Å².